The van der Waals surface area contributed by atoms with Crippen molar-refractivity contribution in [2.24, 2.45) is 0 Å². The van der Waals surface area contributed by atoms with E-state index < -0.39 is 5.60 Å². The van der Waals surface area contributed by atoms with Crippen LogP contribution < -0.4 is 0 Å². The van der Waals surface area contributed by atoms with E-state index in [1.807, 2.05) is 0 Å². The van der Waals surface area contributed by atoms with E-state index in [1.54, 1.807) is 0 Å². The summed E-state index contributed by atoms with van der Waals surface area (Å²) < 4.78 is 11.2. The molecule has 172 valence electrons. The second kappa shape index (κ2) is 18.2. The van der Waals surface area contributed by atoms with Gasteiger partial charge in [0.15, 0.2) is 0 Å². The van der Waals surface area contributed by atoms with Crippen molar-refractivity contribution in [3.8, 4) is 0 Å². The molecule has 0 aromatic heterocycles. The summed E-state index contributed by atoms with van der Waals surface area (Å²) in [5.41, 5.74) is -0.569. The SMILES string of the molecule is CCCCCCCCCCCCCCCCCCOCC1(CCO)CCC(=O)O1. The molecule has 0 amide bonds. The number of carbonyl (C=O) groups is 1. The highest BCUT2D eigenvalue weighted by atomic mass is 16.6. The number of carbonyl (C=O) groups excluding carboxylic acids is 1. The van der Waals surface area contributed by atoms with E-state index in [9.17, 15) is 9.90 Å². The zero-order chi connectivity index (χ0) is 21.0. The average molecular weight is 413 g/mol. The van der Waals surface area contributed by atoms with Crippen molar-refractivity contribution >= 4 is 5.97 Å². The Morgan fingerprint density at radius 3 is 1.72 bits per heavy atom. The van der Waals surface area contributed by atoms with Crippen LogP contribution in [0.2, 0.25) is 0 Å². The highest BCUT2D eigenvalue weighted by Crippen LogP contribution is 2.30. The van der Waals surface area contributed by atoms with Crippen molar-refractivity contribution in [1.29, 1.82) is 0 Å². The molecular weight excluding hydrogens is 364 g/mol. The van der Waals surface area contributed by atoms with Crippen LogP contribution in [0, 0.1) is 0 Å². The number of hydrogen-bond acceptors (Lipinski definition) is 4. The first-order chi connectivity index (χ1) is 14.2. The summed E-state index contributed by atoms with van der Waals surface area (Å²) in [6.07, 6.45) is 23.5. The Hall–Kier alpha value is -0.610. The predicted molar refractivity (Wildman–Crippen MR) is 120 cm³/mol. The lowest BCUT2D eigenvalue weighted by Crippen LogP contribution is -2.35. The van der Waals surface area contributed by atoms with E-state index in [0.717, 1.165) is 13.0 Å². The Labute approximate surface area is 180 Å². The minimum atomic E-state index is -0.569. The van der Waals surface area contributed by atoms with Crippen molar-refractivity contribution in [3.05, 3.63) is 0 Å². The number of hydrogen-bond donors (Lipinski definition) is 1. The minimum absolute atomic E-state index is 0.0374. The minimum Gasteiger partial charge on any atom is -0.456 e. The Kier molecular flexibility index (Phi) is 16.6. The fourth-order valence-corrected chi connectivity index (χ4v) is 4.24. The third-order valence-electron chi connectivity index (χ3n) is 6.19. The van der Waals surface area contributed by atoms with Crippen molar-refractivity contribution < 1.29 is 19.4 Å². The van der Waals surface area contributed by atoms with Gasteiger partial charge in [0.1, 0.15) is 5.60 Å². The van der Waals surface area contributed by atoms with Crippen molar-refractivity contribution in [2.75, 3.05) is 19.8 Å². The Morgan fingerprint density at radius 1 is 0.828 bits per heavy atom. The van der Waals surface area contributed by atoms with E-state index >= 15 is 0 Å². The molecule has 0 aromatic carbocycles. The fourth-order valence-electron chi connectivity index (χ4n) is 4.24. The first kappa shape index (κ1) is 26.4. The Bertz CT molecular complexity index is 385. The summed E-state index contributed by atoms with van der Waals surface area (Å²) in [5.74, 6) is -0.163. The van der Waals surface area contributed by atoms with E-state index in [0.29, 0.717) is 25.9 Å². The van der Waals surface area contributed by atoms with Crippen LogP contribution in [0.15, 0.2) is 0 Å². The number of esters is 1. The Morgan fingerprint density at radius 2 is 1.31 bits per heavy atom. The number of ether oxygens (including phenoxy) is 2. The molecule has 1 atom stereocenters. The second-order valence-corrected chi connectivity index (χ2v) is 8.99. The van der Waals surface area contributed by atoms with Crippen LogP contribution in [0.4, 0.5) is 0 Å². The summed E-state index contributed by atoms with van der Waals surface area (Å²) in [6.45, 7) is 3.47. The van der Waals surface area contributed by atoms with Gasteiger partial charge in [-0.3, -0.25) is 4.79 Å². The maximum absolute atomic E-state index is 11.4. The van der Waals surface area contributed by atoms with Crippen LogP contribution >= 0.6 is 0 Å². The largest absolute Gasteiger partial charge is 0.456 e. The number of aliphatic hydroxyl groups excluding tert-OH is 1. The topological polar surface area (TPSA) is 55.8 Å². The molecule has 4 heteroatoms. The van der Waals surface area contributed by atoms with E-state index in [2.05, 4.69) is 6.92 Å². The number of aliphatic hydroxyl groups is 1. The first-order valence-electron chi connectivity index (χ1n) is 12.6. The van der Waals surface area contributed by atoms with Crippen LogP contribution in [0.3, 0.4) is 0 Å². The van der Waals surface area contributed by atoms with Crippen LogP contribution in [-0.4, -0.2) is 36.5 Å². The summed E-state index contributed by atoms with van der Waals surface area (Å²) in [6, 6.07) is 0. The molecule has 1 fully saturated rings. The smallest absolute Gasteiger partial charge is 0.306 e. The quantitative estimate of drug-likeness (QED) is 0.168. The standard InChI is InChI=1S/C25H48O4/c1-2-3-4-5-6-7-8-9-10-11-12-13-14-15-16-17-22-28-23-25(20-21-26)19-18-24(27)29-25/h26H,2-23H2,1H3. The summed E-state index contributed by atoms with van der Waals surface area (Å²) in [5, 5.41) is 9.18. The van der Waals surface area contributed by atoms with Gasteiger partial charge in [-0.1, -0.05) is 103 Å². The van der Waals surface area contributed by atoms with Gasteiger partial charge in [0.05, 0.1) is 6.61 Å². The van der Waals surface area contributed by atoms with Crippen LogP contribution in [-0.2, 0) is 14.3 Å². The van der Waals surface area contributed by atoms with E-state index in [1.165, 1.54) is 96.3 Å². The van der Waals surface area contributed by atoms with Gasteiger partial charge >= 0.3 is 5.97 Å². The van der Waals surface area contributed by atoms with Gasteiger partial charge in [-0.15, -0.1) is 0 Å². The van der Waals surface area contributed by atoms with Gasteiger partial charge in [0.2, 0.25) is 0 Å². The molecular formula is C25H48O4. The molecule has 0 bridgehead atoms. The summed E-state index contributed by atoms with van der Waals surface area (Å²) in [4.78, 5) is 11.4. The lowest BCUT2D eigenvalue weighted by Gasteiger charge is -2.26. The van der Waals surface area contributed by atoms with Crippen molar-refractivity contribution in [1.82, 2.24) is 0 Å². The number of rotatable bonds is 21. The fraction of sp³-hybridized carbons (Fsp3) is 0.960. The molecule has 29 heavy (non-hydrogen) atoms. The molecule has 0 spiro atoms. The van der Waals surface area contributed by atoms with Gasteiger partial charge < -0.3 is 14.6 Å². The zero-order valence-electron chi connectivity index (χ0n) is 19.2. The molecule has 1 rings (SSSR count). The van der Waals surface area contributed by atoms with Gasteiger partial charge in [-0.05, 0) is 6.42 Å². The molecule has 0 aromatic rings. The maximum Gasteiger partial charge on any atom is 0.306 e. The summed E-state index contributed by atoms with van der Waals surface area (Å²) >= 11 is 0. The van der Waals surface area contributed by atoms with Crippen LogP contribution in [0.5, 0.6) is 0 Å². The molecule has 0 aliphatic carbocycles. The van der Waals surface area contributed by atoms with Crippen LogP contribution in [0.1, 0.15) is 129 Å². The molecule has 1 N–H and O–H groups in total. The average Bonchev–Trinajstić information content (AvgIpc) is 3.08. The van der Waals surface area contributed by atoms with Crippen LogP contribution in [0.25, 0.3) is 0 Å². The lowest BCUT2D eigenvalue weighted by atomic mass is 9.97. The molecule has 0 saturated carbocycles. The third kappa shape index (κ3) is 14.1. The van der Waals surface area contributed by atoms with Crippen molar-refractivity contribution in [3.63, 3.8) is 0 Å². The van der Waals surface area contributed by atoms with Gasteiger partial charge in [-0.25, -0.2) is 0 Å². The molecule has 1 heterocycles. The van der Waals surface area contributed by atoms with Gasteiger partial charge in [-0.2, -0.15) is 0 Å². The van der Waals surface area contributed by atoms with E-state index in [4.69, 9.17) is 9.47 Å². The molecule has 1 saturated heterocycles. The molecule has 1 aliphatic heterocycles. The maximum atomic E-state index is 11.4. The molecule has 0 radical (unpaired) electrons. The highest BCUT2D eigenvalue weighted by Gasteiger charge is 2.40. The van der Waals surface area contributed by atoms with Gasteiger partial charge in [0.25, 0.3) is 0 Å². The molecule has 1 aliphatic rings. The molecule has 1 unspecified atom stereocenters. The number of cyclic esters (lactones) is 1. The van der Waals surface area contributed by atoms with Crippen molar-refractivity contribution in [2.45, 2.75) is 135 Å². The Balaban J connectivity index is 1.78. The number of unbranched alkanes of at least 4 members (excludes halogenated alkanes) is 15. The lowest BCUT2D eigenvalue weighted by molar-refractivity contribution is -0.155. The highest BCUT2D eigenvalue weighted by molar-refractivity contribution is 5.72. The molecule has 4 nitrogen and oxygen atoms in total. The van der Waals surface area contributed by atoms with Gasteiger partial charge in [0, 0.05) is 32.5 Å². The third-order valence-corrected chi connectivity index (χ3v) is 6.19. The summed E-state index contributed by atoms with van der Waals surface area (Å²) in [7, 11) is 0. The van der Waals surface area contributed by atoms with E-state index in [-0.39, 0.29) is 12.6 Å². The monoisotopic (exact) mass is 412 g/mol. The zero-order valence-corrected chi connectivity index (χ0v) is 19.2. The first-order valence-corrected chi connectivity index (χ1v) is 12.6. The predicted octanol–water partition coefficient (Wildman–Crippen LogP) is 6.72. The second-order valence-electron chi connectivity index (χ2n) is 8.99. The normalized spacial score (nSPS) is 19.0.